The van der Waals surface area contributed by atoms with Gasteiger partial charge in [0.05, 0.1) is 6.61 Å². The third-order valence-corrected chi connectivity index (χ3v) is 5.97. The number of halogens is 1. The van der Waals surface area contributed by atoms with Crippen LogP contribution in [0.5, 0.6) is 5.75 Å². The molecule has 0 saturated carbocycles. The summed E-state index contributed by atoms with van der Waals surface area (Å²) in [6.45, 7) is 0.740. The standard InChI is InChI=1S/C24H18ClN3O2S/c25-20-11-18-13-29-15-30-23(18)19(12-20)14-31-24-26-21(16-7-3-1-4-8-16)22(27-28-24)17-9-5-2-6-10-17/h1-12H,13-15H2. The van der Waals surface area contributed by atoms with E-state index < -0.39 is 0 Å². The van der Waals surface area contributed by atoms with Gasteiger partial charge in [-0.15, -0.1) is 10.2 Å². The first-order chi connectivity index (χ1) is 15.3. The van der Waals surface area contributed by atoms with Gasteiger partial charge in [-0.2, -0.15) is 0 Å². The Morgan fingerprint density at radius 2 is 1.58 bits per heavy atom. The van der Waals surface area contributed by atoms with Gasteiger partial charge in [0, 0.05) is 33.0 Å². The molecule has 1 aliphatic heterocycles. The van der Waals surface area contributed by atoms with E-state index in [0.717, 1.165) is 39.4 Å². The summed E-state index contributed by atoms with van der Waals surface area (Å²) in [7, 11) is 0. The van der Waals surface area contributed by atoms with E-state index in [-0.39, 0.29) is 6.79 Å². The molecule has 4 aromatic rings. The molecule has 0 fully saturated rings. The van der Waals surface area contributed by atoms with Crippen LogP contribution in [0.25, 0.3) is 22.5 Å². The van der Waals surface area contributed by atoms with Crippen LogP contribution in [-0.2, 0) is 17.1 Å². The summed E-state index contributed by atoms with van der Waals surface area (Å²) < 4.78 is 11.1. The van der Waals surface area contributed by atoms with Crippen molar-refractivity contribution >= 4 is 23.4 Å². The fourth-order valence-corrected chi connectivity index (χ4v) is 4.48. The monoisotopic (exact) mass is 447 g/mol. The highest BCUT2D eigenvalue weighted by atomic mass is 35.5. The Balaban J connectivity index is 1.48. The lowest BCUT2D eigenvalue weighted by Gasteiger charge is -2.20. The van der Waals surface area contributed by atoms with Gasteiger partial charge in [0.15, 0.2) is 6.79 Å². The van der Waals surface area contributed by atoms with Crippen molar-refractivity contribution in [2.45, 2.75) is 17.5 Å². The van der Waals surface area contributed by atoms with Crippen LogP contribution in [-0.4, -0.2) is 22.0 Å². The van der Waals surface area contributed by atoms with Crippen LogP contribution in [0.3, 0.4) is 0 Å². The number of ether oxygens (including phenoxy) is 2. The molecule has 1 aliphatic rings. The fraction of sp³-hybridized carbons (Fsp3) is 0.125. The minimum absolute atomic E-state index is 0.244. The summed E-state index contributed by atoms with van der Waals surface area (Å²) in [4.78, 5) is 4.86. The zero-order valence-corrected chi connectivity index (χ0v) is 18.1. The van der Waals surface area contributed by atoms with Crippen molar-refractivity contribution in [1.29, 1.82) is 0 Å². The van der Waals surface area contributed by atoms with Crippen molar-refractivity contribution in [2.75, 3.05) is 6.79 Å². The van der Waals surface area contributed by atoms with Crippen LogP contribution in [0.4, 0.5) is 0 Å². The summed E-state index contributed by atoms with van der Waals surface area (Å²) in [6.07, 6.45) is 0. The summed E-state index contributed by atoms with van der Waals surface area (Å²) in [6, 6.07) is 23.8. The van der Waals surface area contributed by atoms with Gasteiger partial charge in [0.1, 0.15) is 17.1 Å². The van der Waals surface area contributed by atoms with E-state index >= 15 is 0 Å². The molecule has 5 rings (SSSR count). The Bertz CT molecular complexity index is 1210. The van der Waals surface area contributed by atoms with Gasteiger partial charge < -0.3 is 9.47 Å². The average molecular weight is 448 g/mol. The molecule has 0 saturated heterocycles. The number of aromatic nitrogens is 3. The molecule has 0 N–H and O–H groups in total. The highest BCUT2D eigenvalue weighted by Crippen LogP contribution is 2.36. The number of thioether (sulfide) groups is 1. The molecule has 0 spiro atoms. The summed E-state index contributed by atoms with van der Waals surface area (Å²) in [5.41, 5.74) is 5.50. The number of hydrogen-bond acceptors (Lipinski definition) is 6. The van der Waals surface area contributed by atoms with Crippen LogP contribution in [0, 0.1) is 0 Å². The molecule has 2 heterocycles. The predicted molar refractivity (Wildman–Crippen MR) is 122 cm³/mol. The Morgan fingerprint density at radius 1 is 0.871 bits per heavy atom. The Labute approximate surface area is 189 Å². The Morgan fingerprint density at radius 3 is 2.32 bits per heavy atom. The largest absolute Gasteiger partial charge is 0.467 e. The van der Waals surface area contributed by atoms with Gasteiger partial charge in [-0.25, -0.2) is 4.98 Å². The highest BCUT2D eigenvalue weighted by molar-refractivity contribution is 7.98. The summed E-state index contributed by atoms with van der Waals surface area (Å²) >= 11 is 7.80. The average Bonchev–Trinajstić information content (AvgIpc) is 2.83. The van der Waals surface area contributed by atoms with E-state index in [0.29, 0.717) is 22.5 Å². The quantitative estimate of drug-likeness (QED) is 0.349. The maximum Gasteiger partial charge on any atom is 0.210 e. The maximum atomic E-state index is 6.29. The minimum Gasteiger partial charge on any atom is -0.467 e. The zero-order chi connectivity index (χ0) is 21.0. The molecule has 0 atom stereocenters. The molecule has 3 aromatic carbocycles. The predicted octanol–water partition coefficient (Wildman–Crippen LogP) is 6.02. The number of rotatable bonds is 5. The van der Waals surface area contributed by atoms with Gasteiger partial charge in [-0.1, -0.05) is 84.0 Å². The van der Waals surface area contributed by atoms with Crippen molar-refractivity contribution in [2.24, 2.45) is 0 Å². The molecular formula is C24H18ClN3O2S. The van der Waals surface area contributed by atoms with Crippen molar-refractivity contribution in [3.8, 4) is 28.3 Å². The van der Waals surface area contributed by atoms with E-state index in [1.165, 1.54) is 11.8 Å². The molecule has 0 bridgehead atoms. The first-order valence-corrected chi connectivity index (χ1v) is 11.1. The molecular weight excluding hydrogens is 430 g/mol. The van der Waals surface area contributed by atoms with Crippen LogP contribution in [0.2, 0.25) is 5.02 Å². The molecule has 0 radical (unpaired) electrons. The Kier molecular flexibility index (Phi) is 5.84. The van der Waals surface area contributed by atoms with Crippen molar-refractivity contribution in [1.82, 2.24) is 15.2 Å². The molecule has 0 amide bonds. The normalized spacial score (nSPS) is 12.8. The van der Waals surface area contributed by atoms with Crippen molar-refractivity contribution < 1.29 is 9.47 Å². The lowest BCUT2D eigenvalue weighted by Crippen LogP contribution is -2.13. The van der Waals surface area contributed by atoms with Gasteiger partial charge in [-0.05, 0) is 12.1 Å². The first-order valence-electron chi connectivity index (χ1n) is 9.78. The topological polar surface area (TPSA) is 57.1 Å². The second-order valence-corrected chi connectivity index (χ2v) is 8.36. The molecule has 0 unspecified atom stereocenters. The number of nitrogens with zero attached hydrogens (tertiary/aromatic N) is 3. The van der Waals surface area contributed by atoms with Crippen LogP contribution in [0.1, 0.15) is 11.1 Å². The zero-order valence-electron chi connectivity index (χ0n) is 16.5. The SMILES string of the molecule is Clc1cc2c(c(CSc3nnc(-c4ccccc4)c(-c4ccccc4)n3)c1)OCOC2. The van der Waals surface area contributed by atoms with Gasteiger partial charge >= 0.3 is 0 Å². The van der Waals surface area contributed by atoms with Crippen molar-refractivity contribution in [3.63, 3.8) is 0 Å². The van der Waals surface area contributed by atoms with Gasteiger partial charge in [0.25, 0.3) is 0 Å². The number of benzene rings is 3. The second-order valence-electron chi connectivity index (χ2n) is 6.98. The van der Waals surface area contributed by atoms with Crippen LogP contribution >= 0.6 is 23.4 Å². The van der Waals surface area contributed by atoms with E-state index in [2.05, 4.69) is 10.2 Å². The van der Waals surface area contributed by atoms with Crippen molar-refractivity contribution in [3.05, 3.63) is 88.9 Å². The molecule has 1 aromatic heterocycles. The lowest BCUT2D eigenvalue weighted by molar-refractivity contribution is -0.0168. The summed E-state index contributed by atoms with van der Waals surface area (Å²) in [5.74, 6) is 1.45. The van der Waals surface area contributed by atoms with Crippen LogP contribution < -0.4 is 4.74 Å². The number of hydrogen-bond donors (Lipinski definition) is 0. The molecule has 154 valence electrons. The fourth-order valence-electron chi connectivity index (χ4n) is 3.47. The third kappa shape index (κ3) is 4.42. The second kappa shape index (κ2) is 9.06. The van der Waals surface area contributed by atoms with Crippen LogP contribution in [0.15, 0.2) is 78.0 Å². The molecule has 0 aliphatic carbocycles. The molecule has 7 heteroatoms. The lowest BCUT2D eigenvalue weighted by atomic mass is 10.0. The summed E-state index contributed by atoms with van der Waals surface area (Å²) in [5, 5.41) is 10.2. The molecule has 31 heavy (non-hydrogen) atoms. The Hall–Kier alpha value is -2.93. The van der Waals surface area contributed by atoms with E-state index in [4.69, 9.17) is 26.1 Å². The maximum absolute atomic E-state index is 6.29. The molecule has 5 nitrogen and oxygen atoms in total. The minimum atomic E-state index is 0.244. The van der Waals surface area contributed by atoms with Gasteiger partial charge in [0.2, 0.25) is 5.16 Å². The van der Waals surface area contributed by atoms with E-state index in [9.17, 15) is 0 Å². The number of fused-ring (bicyclic) bond motifs is 1. The van der Waals surface area contributed by atoms with Gasteiger partial charge in [-0.3, -0.25) is 0 Å². The highest BCUT2D eigenvalue weighted by Gasteiger charge is 2.18. The smallest absolute Gasteiger partial charge is 0.210 e. The third-order valence-electron chi connectivity index (χ3n) is 4.87. The van der Waals surface area contributed by atoms with E-state index in [1.807, 2.05) is 72.8 Å². The van der Waals surface area contributed by atoms with E-state index in [1.54, 1.807) is 0 Å². The first kappa shape index (κ1) is 20.0.